The minimum atomic E-state index is -0.516. The maximum atomic E-state index is 12.2. The number of carbonyl (C=O) groups excluding carboxylic acids is 1. The zero-order valence-electron chi connectivity index (χ0n) is 11.7. The predicted molar refractivity (Wildman–Crippen MR) is 69.4 cm³/mol. The number of aromatic nitrogens is 2. The number of hydrogen-bond acceptors (Lipinski definition) is 4. The Hall–Kier alpha value is -1.56. The Morgan fingerprint density at radius 3 is 2.89 bits per heavy atom. The van der Waals surface area contributed by atoms with Gasteiger partial charge in [-0.1, -0.05) is 0 Å². The van der Waals surface area contributed by atoms with Gasteiger partial charge in [-0.3, -0.25) is 4.68 Å². The zero-order valence-corrected chi connectivity index (χ0v) is 11.7. The van der Waals surface area contributed by atoms with Crippen molar-refractivity contribution >= 4 is 6.09 Å². The molecule has 0 spiro atoms. The van der Waals surface area contributed by atoms with Gasteiger partial charge in [-0.2, -0.15) is 5.10 Å². The smallest absolute Gasteiger partial charge is 0.410 e. The molecule has 2 rings (SSSR count). The number of aliphatic hydroxyl groups is 1. The van der Waals surface area contributed by atoms with Gasteiger partial charge in [0.15, 0.2) is 0 Å². The maximum absolute atomic E-state index is 12.2. The highest BCUT2D eigenvalue weighted by molar-refractivity contribution is 5.68. The average Bonchev–Trinajstić information content (AvgIpc) is 2.64. The van der Waals surface area contributed by atoms with Crippen LogP contribution in [0.5, 0.6) is 0 Å². The fourth-order valence-corrected chi connectivity index (χ4v) is 2.11. The first-order valence-corrected chi connectivity index (χ1v) is 6.48. The van der Waals surface area contributed by atoms with Crippen molar-refractivity contribution in [1.29, 1.82) is 0 Å². The van der Waals surface area contributed by atoms with Crippen molar-refractivity contribution < 1.29 is 14.6 Å². The molecule has 1 aromatic rings. The van der Waals surface area contributed by atoms with Gasteiger partial charge in [0, 0.05) is 31.8 Å². The Kier molecular flexibility index (Phi) is 3.80. The van der Waals surface area contributed by atoms with Crippen LogP contribution in [-0.4, -0.2) is 44.6 Å². The first-order valence-electron chi connectivity index (χ1n) is 6.48. The van der Waals surface area contributed by atoms with Crippen LogP contribution < -0.4 is 0 Å². The van der Waals surface area contributed by atoms with Crippen LogP contribution in [0.1, 0.15) is 26.5 Å². The van der Waals surface area contributed by atoms with Crippen molar-refractivity contribution in [2.75, 3.05) is 13.2 Å². The summed E-state index contributed by atoms with van der Waals surface area (Å²) in [4.78, 5) is 13.8. The Bertz CT molecular complexity index is 450. The van der Waals surface area contributed by atoms with Gasteiger partial charge in [-0.15, -0.1) is 0 Å². The van der Waals surface area contributed by atoms with E-state index in [4.69, 9.17) is 4.74 Å². The molecule has 19 heavy (non-hydrogen) atoms. The first-order chi connectivity index (χ1) is 8.89. The van der Waals surface area contributed by atoms with Gasteiger partial charge < -0.3 is 14.7 Å². The number of fused-ring (bicyclic) bond motifs is 1. The highest BCUT2D eigenvalue weighted by atomic mass is 16.6. The summed E-state index contributed by atoms with van der Waals surface area (Å²) in [5, 5.41) is 13.6. The summed E-state index contributed by atoms with van der Waals surface area (Å²) >= 11 is 0. The molecular weight excluding hydrogens is 246 g/mol. The third-order valence-electron chi connectivity index (χ3n) is 2.98. The van der Waals surface area contributed by atoms with Crippen LogP contribution in [0.4, 0.5) is 4.79 Å². The lowest BCUT2D eigenvalue weighted by atomic mass is 10.1. The van der Waals surface area contributed by atoms with E-state index in [0.717, 1.165) is 5.69 Å². The summed E-state index contributed by atoms with van der Waals surface area (Å²) in [5.74, 6) is -0.0198. The van der Waals surface area contributed by atoms with E-state index in [2.05, 4.69) is 5.10 Å². The van der Waals surface area contributed by atoms with E-state index in [-0.39, 0.29) is 18.6 Å². The third-order valence-corrected chi connectivity index (χ3v) is 2.98. The molecule has 6 heteroatoms. The predicted octanol–water partition coefficient (Wildman–Crippen LogP) is 1.24. The standard InChI is InChI=1S/C13H21N3O3/c1-13(2,3)19-12(18)15-6-10(9-17)7-16-11(8-15)4-5-14-16/h4-5,10,17H,6-9H2,1-3H3/t10-/m1/s1. The molecule has 0 saturated heterocycles. The van der Waals surface area contributed by atoms with Gasteiger partial charge in [0.25, 0.3) is 0 Å². The molecule has 0 unspecified atom stereocenters. The molecule has 6 nitrogen and oxygen atoms in total. The monoisotopic (exact) mass is 267 g/mol. The van der Waals surface area contributed by atoms with Crippen LogP contribution in [0.15, 0.2) is 12.3 Å². The minimum Gasteiger partial charge on any atom is -0.444 e. The van der Waals surface area contributed by atoms with E-state index in [1.54, 1.807) is 11.1 Å². The van der Waals surface area contributed by atoms with Crippen molar-refractivity contribution in [3.05, 3.63) is 18.0 Å². The Morgan fingerprint density at radius 2 is 2.26 bits per heavy atom. The first kappa shape index (κ1) is 13.9. The van der Waals surface area contributed by atoms with Crippen LogP contribution in [0.3, 0.4) is 0 Å². The molecule has 1 aromatic heterocycles. The van der Waals surface area contributed by atoms with Crippen LogP contribution in [-0.2, 0) is 17.8 Å². The average molecular weight is 267 g/mol. The molecule has 0 aliphatic carbocycles. The molecule has 1 aliphatic heterocycles. The maximum Gasteiger partial charge on any atom is 0.410 e. The van der Waals surface area contributed by atoms with Gasteiger partial charge in [0.2, 0.25) is 0 Å². The largest absolute Gasteiger partial charge is 0.444 e. The number of aliphatic hydroxyl groups excluding tert-OH is 1. The Morgan fingerprint density at radius 1 is 1.53 bits per heavy atom. The molecular formula is C13H21N3O3. The number of nitrogens with zero attached hydrogens (tertiary/aromatic N) is 3. The quantitative estimate of drug-likeness (QED) is 0.831. The van der Waals surface area contributed by atoms with E-state index in [0.29, 0.717) is 19.6 Å². The second-order valence-electron chi connectivity index (χ2n) is 5.91. The van der Waals surface area contributed by atoms with Gasteiger partial charge in [0.05, 0.1) is 12.2 Å². The summed E-state index contributed by atoms with van der Waals surface area (Å²) in [6, 6.07) is 1.89. The second kappa shape index (κ2) is 5.21. The number of carbonyl (C=O) groups is 1. The molecule has 0 saturated carbocycles. The summed E-state index contributed by atoms with van der Waals surface area (Å²) in [7, 11) is 0. The molecule has 1 N–H and O–H groups in total. The summed E-state index contributed by atoms with van der Waals surface area (Å²) in [6.07, 6.45) is 1.36. The fraction of sp³-hybridized carbons (Fsp3) is 0.692. The molecule has 1 amide bonds. The molecule has 1 aliphatic rings. The van der Waals surface area contributed by atoms with E-state index in [1.807, 2.05) is 31.5 Å². The SMILES string of the molecule is CC(C)(C)OC(=O)N1Cc2ccnn2C[C@H](CO)C1. The molecule has 0 fully saturated rings. The van der Waals surface area contributed by atoms with Crippen LogP contribution >= 0.6 is 0 Å². The van der Waals surface area contributed by atoms with Crippen LogP contribution in [0.2, 0.25) is 0 Å². The van der Waals surface area contributed by atoms with E-state index >= 15 is 0 Å². The van der Waals surface area contributed by atoms with Gasteiger partial charge in [0.1, 0.15) is 5.60 Å². The number of hydrogen-bond donors (Lipinski definition) is 1. The lowest BCUT2D eigenvalue weighted by molar-refractivity contribution is 0.0191. The highest BCUT2D eigenvalue weighted by Gasteiger charge is 2.28. The van der Waals surface area contributed by atoms with Crippen LogP contribution in [0.25, 0.3) is 0 Å². The second-order valence-corrected chi connectivity index (χ2v) is 5.91. The molecule has 1 atom stereocenters. The van der Waals surface area contributed by atoms with E-state index in [1.165, 1.54) is 0 Å². The number of amides is 1. The minimum absolute atomic E-state index is 0.0198. The molecule has 0 bridgehead atoms. The van der Waals surface area contributed by atoms with Crippen LogP contribution in [0, 0.1) is 5.92 Å². The number of ether oxygens (including phenoxy) is 1. The van der Waals surface area contributed by atoms with E-state index in [9.17, 15) is 9.90 Å². The topological polar surface area (TPSA) is 67.6 Å². The summed E-state index contributed by atoms with van der Waals surface area (Å²) in [6.45, 7) is 7.13. The lowest BCUT2D eigenvalue weighted by Crippen LogP contribution is -2.39. The normalized spacial score (nSPS) is 19.8. The van der Waals surface area contributed by atoms with Gasteiger partial charge >= 0.3 is 6.09 Å². The van der Waals surface area contributed by atoms with Crippen molar-refractivity contribution in [1.82, 2.24) is 14.7 Å². The highest BCUT2D eigenvalue weighted by Crippen LogP contribution is 2.18. The molecule has 0 aromatic carbocycles. The Labute approximate surface area is 113 Å². The summed E-state index contributed by atoms with van der Waals surface area (Å²) < 4.78 is 7.23. The molecule has 0 radical (unpaired) electrons. The van der Waals surface area contributed by atoms with Gasteiger partial charge in [-0.05, 0) is 26.8 Å². The van der Waals surface area contributed by atoms with Gasteiger partial charge in [-0.25, -0.2) is 4.79 Å². The van der Waals surface area contributed by atoms with Crippen molar-refractivity contribution in [2.24, 2.45) is 5.92 Å². The van der Waals surface area contributed by atoms with Crippen molar-refractivity contribution in [3.63, 3.8) is 0 Å². The lowest BCUT2D eigenvalue weighted by Gasteiger charge is -2.27. The van der Waals surface area contributed by atoms with Crippen molar-refractivity contribution in [2.45, 2.75) is 39.5 Å². The van der Waals surface area contributed by atoms with Crippen molar-refractivity contribution in [3.8, 4) is 0 Å². The molecule has 2 heterocycles. The zero-order chi connectivity index (χ0) is 14.0. The van der Waals surface area contributed by atoms with E-state index < -0.39 is 5.60 Å². The summed E-state index contributed by atoms with van der Waals surface area (Å²) in [5.41, 5.74) is 0.444. The third kappa shape index (κ3) is 3.47. The molecule has 106 valence electrons. The number of rotatable bonds is 1. The fourth-order valence-electron chi connectivity index (χ4n) is 2.11. The Balaban J connectivity index is 2.15.